The first-order valence-electron chi connectivity index (χ1n) is 5.80. The maximum atomic E-state index is 12.0. The van der Waals surface area contributed by atoms with Crippen LogP contribution in [0, 0.1) is 0 Å². The van der Waals surface area contributed by atoms with E-state index >= 15 is 0 Å². The highest BCUT2D eigenvalue weighted by Crippen LogP contribution is 2.13. The van der Waals surface area contributed by atoms with E-state index in [1.165, 1.54) is 22.2 Å². The predicted molar refractivity (Wildman–Crippen MR) is 71.8 cm³/mol. The van der Waals surface area contributed by atoms with Crippen LogP contribution in [0.1, 0.15) is 20.3 Å². The van der Waals surface area contributed by atoms with Gasteiger partial charge in [0.25, 0.3) is 5.56 Å². The van der Waals surface area contributed by atoms with E-state index in [1.807, 2.05) is 19.2 Å². The fourth-order valence-electron chi connectivity index (χ4n) is 1.67. The third-order valence-corrected chi connectivity index (χ3v) is 3.30. The second-order valence-electron chi connectivity index (χ2n) is 4.35. The lowest BCUT2D eigenvalue weighted by atomic mass is 10.3. The molecule has 0 atom stereocenters. The van der Waals surface area contributed by atoms with Crippen molar-refractivity contribution in [3.63, 3.8) is 0 Å². The van der Waals surface area contributed by atoms with Crippen LogP contribution >= 0.6 is 11.3 Å². The van der Waals surface area contributed by atoms with Gasteiger partial charge < -0.3 is 5.32 Å². The molecular weight excluding hydrogens is 250 g/mol. The molecule has 1 N–H and O–H groups in total. The highest BCUT2D eigenvalue weighted by molar-refractivity contribution is 7.16. The van der Waals surface area contributed by atoms with Gasteiger partial charge >= 0.3 is 0 Å². The van der Waals surface area contributed by atoms with Crippen molar-refractivity contribution in [3.8, 4) is 0 Å². The summed E-state index contributed by atoms with van der Waals surface area (Å²) in [5, 5.41) is 5.25. The van der Waals surface area contributed by atoms with E-state index in [-0.39, 0.29) is 23.9 Å². The number of hydrogen-bond acceptors (Lipinski definition) is 4. The van der Waals surface area contributed by atoms with Gasteiger partial charge in [0.15, 0.2) is 0 Å². The summed E-state index contributed by atoms with van der Waals surface area (Å²) in [6.07, 6.45) is 1.79. The van der Waals surface area contributed by atoms with Crippen molar-refractivity contribution in [2.45, 2.75) is 32.9 Å². The fraction of sp³-hybridized carbons (Fsp3) is 0.417. The van der Waals surface area contributed by atoms with Crippen LogP contribution in [0.4, 0.5) is 0 Å². The summed E-state index contributed by atoms with van der Waals surface area (Å²) >= 11 is 1.44. The molecular formula is C12H15N3O2S. The molecule has 2 aromatic heterocycles. The van der Waals surface area contributed by atoms with Crippen molar-refractivity contribution >= 4 is 27.5 Å². The summed E-state index contributed by atoms with van der Waals surface area (Å²) in [5.41, 5.74) is -0.0846. The Morgan fingerprint density at radius 3 is 3.06 bits per heavy atom. The fourth-order valence-corrected chi connectivity index (χ4v) is 2.39. The first-order valence-corrected chi connectivity index (χ1v) is 6.68. The third kappa shape index (κ3) is 2.76. The maximum absolute atomic E-state index is 12.0. The van der Waals surface area contributed by atoms with Crippen molar-refractivity contribution in [3.05, 3.63) is 28.1 Å². The number of aromatic nitrogens is 2. The van der Waals surface area contributed by atoms with Crippen LogP contribution in [0.3, 0.4) is 0 Å². The zero-order valence-electron chi connectivity index (χ0n) is 10.3. The monoisotopic (exact) mass is 265 g/mol. The zero-order valence-corrected chi connectivity index (χ0v) is 11.2. The van der Waals surface area contributed by atoms with E-state index in [9.17, 15) is 9.59 Å². The zero-order chi connectivity index (χ0) is 13.1. The second-order valence-corrected chi connectivity index (χ2v) is 5.25. The average Bonchev–Trinajstić information content (AvgIpc) is 2.76. The van der Waals surface area contributed by atoms with Crippen molar-refractivity contribution in [2.75, 3.05) is 0 Å². The van der Waals surface area contributed by atoms with E-state index in [0.717, 1.165) is 4.83 Å². The first kappa shape index (κ1) is 12.8. The van der Waals surface area contributed by atoms with Gasteiger partial charge in [0, 0.05) is 19.0 Å². The molecule has 0 aromatic carbocycles. The number of nitrogens with zero attached hydrogens (tertiary/aromatic N) is 2. The lowest BCUT2D eigenvalue weighted by Crippen LogP contribution is -2.32. The van der Waals surface area contributed by atoms with Gasteiger partial charge in [-0.05, 0) is 25.3 Å². The van der Waals surface area contributed by atoms with Gasteiger partial charge in [-0.3, -0.25) is 14.2 Å². The standard InChI is InChI=1S/C12H15N3O2S/c1-8(2)14-10(16)3-5-15-7-13-11-9(12(15)17)4-6-18-11/h4,6-8H,3,5H2,1-2H3,(H,14,16). The Bertz CT molecular complexity index is 615. The van der Waals surface area contributed by atoms with Crippen LogP contribution in [0.25, 0.3) is 10.2 Å². The summed E-state index contributed by atoms with van der Waals surface area (Å²) in [7, 11) is 0. The molecule has 1 amide bonds. The quantitative estimate of drug-likeness (QED) is 0.908. The molecule has 0 fully saturated rings. The van der Waals surface area contributed by atoms with Gasteiger partial charge in [0.1, 0.15) is 4.83 Å². The topological polar surface area (TPSA) is 64.0 Å². The Hall–Kier alpha value is -1.69. The van der Waals surface area contributed by atoms with E-state index in [4.69, 9.17) is 0 Å². The minimum atomic E-state index is -0.0846. The number of thiophene rings is 1. The molecule has 0 aliphatic heterocycles. The Balaban J connectivity index is 2.10. The van der Waals surface area contributed by atoms with Crippen LogP contribution < -0.4 is 10.9 Å². The minimum absolute atomic E-state index is 0.0534. The molecule has 0 radical (unpaired) electrons. The van der Waals surface area contributed by atoms with Gasteiger partial charge in [-0.2, -0.15) is 0 Å². The molecule has 5 nitrogen and oxygen atoms in total. The van der Waals surface area contributed by atoms with Gasteiger partial charge in [-0.15, -0.1) is 11.3 Å². The van der Waals surface area contributed by atoms with Crippen LogP contribution in [-0.2, 0) is 11.3 Å². The number of carbonyl (C=O) groups excluding carboxylic acids is 1. The minimum Gasteiger partial charge on any atom is -0.354 e. The number of amides is 1. The molecule has 0 aliphatic carbocycles. The van der Waals surface area contributed by atoms with Gasteiger partial charge in [-0.1, -0.05) is 0 Å². The average molecular weight is 265 g/mol. The Labute approximate surface area is 108 Å². The van der Waals surface area contributed by atoms with Crippen molar-refractivity contribution < 1.29 is 4.79 Å². The lowest BCUT2D eigenvalue weighted by Gasteiger charge is -2.09. The predicted octanol–water partition coefficient (Wildman–Crippen LogP) is 1.37. The molecule has 6 heteroatoms. The Kier molecular flexibility index (Phi) is 3.76. The maximum Gasteiger partial charge on any atom is 0.262 e. The number of rotatable bonds is 4. The molecule has 2 rings (SSSR count). The van der Waals surface area contributed by atoms with E-state index < -0.39 is 0 Å². The molecule has 2 aromatic rings. The molecule has 0 saturated heterocycles. The van der Waals surface area contributed by atoms with Crippen LogP contribution in [0.2, 0.25) is 0 Å². The summed E-state index contributed by atoms with van der Waals surface area (Å²) in [6, 6.07) is 1.88. The van der Waals surface area contributed by atoms with Gasteiger partial charge in [-0.25, -0.2) is 4.98 Å². The number of hydrogen-bond donors (Lipinski definition) is 1. The first-order chi connectivity index (χ1) is 8.58. The Morgan fingerprint density at radius 1 is 1.56 bits per heavy atom. The summed E-state index contributed by atoms with van der Waals surface area (Å²) in [5.74, 6) is -0.0534. The summed E-state index contributed by atoms with van der Waals surface area (Å²) in [4.78, 5) is 28.5. The second kappa shape index (κ2) is 5.30. The Morgan fingerprint density at radius 2 is 2.33 bits per heavy atom. The molecule has 0 spiro atoms. The van der Waals surface area contributed by atoms with E-state index in [0.29, 0.717) is 11.9 Å². The lowest BCUT2D eigenvalue weighted by molar-refractivity contribution is -0.121. The van der Waals surface area contributed by atoms with Gasteiger partial charge in [0.2, 0.25) is 5.91 Å². The van der Waals surface area contributed by atoms with Crippen LogP contribution in [0.5, 0.6) is 0 Å². The summed E-state index contributed by atoms with van der Waals surface area (Å²) < 4.78 is 1.48. The van der Waals surface area contributed by atoms with Crippen molar-refractivity contribution in [2.24, 2.45) is 0 Å². The largest absolute Gasteiger partial charge is 0.354 e. The molecule has 18 heavy (non-hydrogen) atoms. The van der Waals surface area contributed by atoms with Crippen molar-refractivity contribution in [1.29, 1.82) is 0 Å². The van der Waals surface area contributed by atoms with Gasteiger partial charge in [0.05, 0.1) is 11.7 Å². The SMILES string of the molecule is CC(C)NC(=O)CCn1cnc2sccc2c1=O. The highest BCUT2D eigenvalue weighted by Gasteiger charge is 2.07. The van der Waals surface area contributed by atoms with Crippen LogP contribution in [0.15, 0.2) is 22.6 Å². The third-order valence-electron chi connectivity index (χ3n) is 2.48. The molecule has 0 aliphatic rings. The number of fused-ring (bicyclic) bond motifs is 1. The number of nitrogens with one attached hydrogen (secondary N) is 1. The molecule has 0 bridgehead atoms. The van der Waals surface area contributed by atoms with E-state index in [1.54, 1.807) is 6.07 Å². The number of aryl methyl sites for hydroxylation is 1. The smallest absolute Gasteiger partial charge is 0.262 e. The van der Waals surface area contributed by atoms with Crippen molar-refractivity contribution in [1.82, 2.24) is 14.9 Å². The molecule has 96 valence electrons. The molecule has 0 saturated carbocycles. The van der Waals surface area contributed by atoms with Crippen LogP contribution in [-0.4, -0.2) is 21.5 Å². The molecule has 2 heterocycles. The molecule has 0 unspecified atom stereocenters. The van der Waals surface area contributed by atoms with E-state index in [2.05, 4.69) is 10.3 Å². The normalized spacial score (nSPS) is 11.1. The highest BCUT2D eigenvalue weighted by atomic mass is 32.1. The number of carbonyl (C=O) groups is 1. The summed E-state index contributed by atoms with van der Waals surface area (Å²) in [6.45, 7) is 4.17.